The lowest BCUT2D eigenvalue weighted by molar-refractivity contribution is -0.00356. The minimum absolute atomic E-state index is 0.256. The zero-order chi connectivity index (χ0) is 13.6. The second-order valence-electron chi connectivity index (χ2n) is 5.32. The van der Waals surface area contributed by atoms with Gasteiger partial charge in [0.1, 0.15) is 0 Å². The van der Waals surface area contributed by atoms with E-state index in [9.17, 15) is 0 Å². The second-order valence-corrected chi connectivity index (χ2v) is 5.32. The van der Waals surface area contributed by atoms with Gasteiger partial charge in [-0.25, -0.2) is 0 Å². The standard InChI is InChI=1S/C18H21NO/c1-3-8-15(9-4-1)14-20-17-12-7-13-19-18(17)16-10-5-2-6-11-16/h1-6,8-11,17-19H,7,12-14H2. The Morgan fingerprint density at radius 2 is 1.65 bits per heavy atom. The number of piperidine rings is 1. The minimum Gasteiger partial charge on any atom is -0.372 e. The number of hydrogen-bond donors (Lipinski definition) is 1. The Bertz CT molecular complexity index is 511. The van der Waals surface area contributed by atoms with Crippen LogP contribution in [-0.2, 0) is 11.3 Å². The Morgan fingerprint density at radius 3 is 2.40 bits per heavy atom. The van der Waals surface area contributed by atoms with Crippen LogP contribution in [0.25, 0.3) is 0 Å². The van der Waals surface area contributed by atoms with Gasteiger partial charge >= 0.3 is 0 Å². The first kappa shape index (κ1) is 13.3. The summed E-state index contributed by atoms with van der Waals surface area (Å²) in [7, 11) is 0. The molecule has 3 rings (SSSR count). The van der Waals surface area contributed by atoms with Crippen molar-refractivity contribution in [3.8, 4) is 0 Å². The highest BCUT2D eigenvalue weighted by Crippen LogP contribution is 2.26. The fraction of sp³-hybridized carbons (Fsp3) is 0.333. The zero-order valence-electron chi connectivity index (χ0n) is 11.7. The molecule has 1 saturated heterocycles. The van der Waals surface area contributed by atoms with Crippen molar-refractivity contribution in [3.05, 3.63) is 71.8 Å². The molecule has 2 heteroatoms. The largest absolute Gasteiger partial charge is 0.372 e. The van der Waals surface area contributed by atoms with E-state index in [1.165, 1.54) is 17.5 Å². The molecule has 104 valence electrons. The Kier molecular flexibility index (Phi) is 4.46. The van der Waals surface area contributed by atoms with Crippen LogP contribution in [0.1, 0.15) is 30.0 Å². The predicted molar refractivity (Wildman–Crippen MR) is 81.4 cm³/mol. The summed E-state index contributed by atoms with van der Waals surface area (Å²) in [6.07, 6.45) is 2.56. The second kappa shape index (κ2) is 6.69. The van der Waals surface area contributed by atoms with E-state index in [1.54, 1.807) is 0 Å². The minimum atomic E-state index is 0.256. The highest BCUT2D eigenvalue weighted by molar-refractivity contribution is 5.21. The molecule has 0 radical (unpaired) electrons. The number of nitrogens with one attached hydrogen (secondary N) is 1. The fourth-order valence-corrected chi connectivity index (χ4v) is 2.81. The maximum absolute atomic E-state index is 6.17. The van der Waals surface area contributed by atoms with Gasteiger partial charge in [-0.05, 0) is 30.5 Å². The van der Waals surface area contributed by atoms with Crippen LogP contribution in [0.5, 0.6) is 0 Å². The molecule has 2 unspecified atom stereocenters. The number of hydrogen-bond acceptors (Lipinski definition) is 2. The molecule has 0 amide bonds. The van der Waals surface area contributed by atoms with Crippen molar-refractivity contribution >= 4 is 0 Å². The molecule has 0 spiro atoms. The summed E-state index contributed by atoms with van der Waals surface area (Å²) in [4.78, 5) is 0. The molecule has 2 aromatic carbocycles. The summed E-state index contributed by atoms with van der Waals surface area (Å²) in [5.74, 6) is 0. The number of ether oxygens (including phenoxy) is 1. The molecular weight excluding hydrogens is 246 g/mol. The Morgan fingerprint density at radius 1 is 0.950 bits per heavy atom. The molecule has 1 heterocycles. The van der Waals surface area contributed by atoms with Gasteiger partial charge in [-0.2, -0.15) is 0 Å². The molecule has 2 aromatic rings. The maximum atomic E-state index is 6.17. The van der Waals surface area contributed by atoms with E-state index in [2.05, 4.69) is 59.9 Å². The highest BCUT2D eigenvalue weighted by Gasteiger charge is 2.26. The van der Waals surface area contributed by atoms with E-state index in [4.69, 9.17) is 4.74 Å². The zero-order valence-corrected chi connectivity index (χ0v) is 11.7. The van der Waals surface area contributed by atoms with Crippen molar-refractivity contribution in [1.82, 2.24) is 5.32 Å². The van der Waals surface area contributed by atoms with Crippen LogP contribution in [-0.4, -0.2) is 12.6 Å². The molecule has 0 bridgehead atoms. The molecule has 1 aliphatic rings. The summed E-state index contributed by atoms with van der Waals surface area (Å²) in [5.41, 5.74) is 2.56. The summed E-state index contributed by atoms with van der Waals surface area (Å²) >= 11 is 0. The first-order chi connectivity index (χ1) is 9.93. The van der Waals surface area contributed by atoms with Crippen LogP contribution in [0.2, 0.25) is 0 Å². The molecule has 1 N–H and O–H groups in total. The van der Waals surface area contributed by atoms with Gasteiger partial charge in [-0.1, -0.05) is 60.7 Å². The summed E-state index contributed by atoms with van der Waals surface area (Å²) < 4.78 is 6.17. The lowest BCUT2D eigenvalue weighted by Crippen LogP contribution is -2.39. The van der Waals surface area contributed by atoms with Crippen LogP contribution >= 0.6 is 0 Å². The molecule has 1 aliphatic heterocycles. The van der Waals surface area contributed by atoms with Crippen LogP contribution in [0.3, 0.4) is 0 Å². The Labute approximate surface area is 120 Å². The van der Waals surface area contributed by atoms with Crippen molar-refractivity contribution < 1.29 is 4.74 Å². The molecule has 0 aromatic heterocycles. The van der Waals surface area contributed by atoms with Gasteiger partial charge in [-0.3, -0.25) is 0 Å². The van der Waals surface area contributed by atoms with Crippen molar-refractivity contribution in [2.24, 2.45) is 0 Å². The number of benzene rings is 2. The third kappa shape index (κ3) is 3.27. The van der Waals surface area contributed by atoms with E-state index in [0.29, 0.717) is 12.6 Å². The molecular formula is C18H21NO. The van der Waals surface area contributed by atoms with Gasteiger partial charge in [0, 0.05) is 0 Å². The van der Waals surface area contributed by atoms with Gasteiger partial charge in [-0.15, -0.1) is 0 Å². The first-order valence-corrected chi connectivity index (χ1v) is 7.37. The van der Waals surface area contributed by atoms with Gasteiger partial charge in [0.15, 0.2) is 0 Å². The average Bonchev–Trinajstić information content (AvgIpc) is 2.55. The fourth-order valence-electron chi connectivity index (χ4n) is 2.81. The lowest BCUT2D eigenvalue weighted by atomic mass is 9.94. The Balaban J connectivity index is 1.67. The molecule has 0 aliphatic carbocycles. The molecule has 1 fully saturated rings. The molecule has 20 heavy (non-hydrogen) atoms. The van der Waals surface area contributed by atoms with Crippen molar-refractivity contribution in [2.75, 3.05) is 6.54 Å². The SMILES string of the molecule is c1ccc(COC2CCCNC2c2ccccc2)cc1. The average molecular weight is 267 g/mol. The van der Waals surface area contributed by atoms with E-state index in [-0.39, 0.29) is 6.10 Å². The smallest absolute Gasteiger partial charge is 0.0774 e. The molecule has 2 atom stereocenters. The molecule has 2 nitrogen and oxygen atoms in total. The predicted octanol–water partition coefficient (Wildman–Crippen LogP) is 3.70. The van der Waals surface area contributed by atoms with Crippen LogP contribution < -0.4 is 5.32 Å². The normalized spacial score (nSPS) is 22.6. The van der Waals surface area contributed by atoms with Crippen LogP contribution in [0, 0.1) is 0 Å². The highest BCUT2D eigenvalue weighted by atomic mass is 16.5. The van der Waals surface area contributed by atoms with Crippen LogP contribution in [0.4, 0.5) is 0 Å². The van der Waals surface area contributed by atoms with Gasteiger partial charge in [0.2, 0.25) is 0 Å². The quantitative estimate of drug-likeness (QED) is 0.912. The van der Waals surface area contributed by atoms with Gasteiger partial charge in [0.25, 0.3) is 0 Å². The van der Waals surface area contributed by atoms with E-state index < -0.39 is 0 Å². The van der Waals surface area contributed by atoms with E-state index in [0.717, 1.165) is 13.0 Å². The van der Waals surface area contributed by atoms with Crippen LogP contribution in [0.15, 0.2) is 60.7 Å². The maximum Gasteiger partial charge on any atom is 0.0774 e. The summed E-state index contributed by atoms with van der Waals surface area (Å²) in [6.45, 7) is 1.77. The van der Waals surface area contributed by atoms with Gasteiger partial charge in [0.05, 0.1) is 18.8 Å². The monoisotopic (exact) mass is 267 g/mol. The third-order valence-corrected chi connectivity index (χ3v) is 3.87. The Hall–Kier alpha value is -1.64. The topological polar surface area (TPSA) is 21.3 Å². The van der Waals surface area contributed by atoms with E-state index in [1.807, 2.05) is 6.07 Å². The summed E-state index contributed by atoms with van der Waals surface area (Å²) in [5, 5.41) is 3.60. The first-order valence-electron chi connectivity index (χ1n) is 7.37. The van der Waals surface area contributed by atoms with Crippen molar-refractivity contribution in [1.29, 1.82) is 0 Å². The third-order valence-electron chi connectivity index (χ3n) is 3.87. The number of rotatable bonds is 4. The summed E-state index contributed by atoms with van der Waals surface area (Å²) in [6, 6.07) is 21.3. The van der Waals surface area contributed by atoms with Crippen molar-refractivity contribution in [2.45, 2.75) is 31.6 Å². The van der Waals surface area contributed by atoms with Crippen molar-refractivity contribution in [3.63, 3.8) is 0 Å². The molecule has 0 saturated carbocycles. The van der Waals surface area contributed by atoms with E-state index >= 15 is 0 Å². The lowest BCUT2D eigenvalue weighted by Gasteiger charge is -2.33. The van der Waals surface area contributed by atoms with Gasteiger partial charge < -0.3 is 10.1 Å².